The van der Waals surface area contributed by atoms with E-state index in [1.165, 1.54) is 6.07 Å². The quantitative estimate of drug-likeness (QED) is 0.877. The Labute approximate surface area is 113 Å². The van der Waals surface area contributed by atoms with Gasteiger partial charge in [-0.3, -0.25) is 4.98 Å². The van der Waals surface area contributed by atoms with Crippen molar-refractivity contribution in [3.05, 3.63) is 24.0 Å². The normalized spacial score (nSPS) is 17.1. The van der Waals surface area contributed by atoms with Crippen LogP contribution in [-0.4, -0.2) is 35.3 Å². The monoisotopic (exact) mass is 289 g/mol. The van der Waals surface area contributed by atoms with E-state index in [1.807, 2.05) is 0 Å². The molecule has 2 N–H and O–H groups in total. The van der Waals surface area contributed by atoms with E-state index in [0.717, 1.165) is 12.3 Å². The summed E-state index contributed by atoms with van der Waals surface area (Å²) in [6.45, 7) is 1.01. The van der Waals surface area contributed by atoms with Gasteiger partial charge in [-0.2, -0.15) is 13.2 Å². The number of hydrogen-bond donors (Lipinski definition) is 2. The summed E-state index contributed by atoms with van der Waals surface area (Å²) in [5.41, 5.74) is -0.457. The van der Waals surface area contributed by atoms with E-state index < -0.39 is 18.0 Å². The Kier molecular flexibility index (Phi) is 4.01. The van der Waals surface area contributed by atoms with E-state index in [-0.39, 0.29) is 6.04 Å². The first-order valence-electron chi connectivity index (χ1n) is 6.14. The molecule has 0 saturated carbocycles. The number of nitrogens with one attached hydrogen (secondary N) is 1. The van der Waals surface area contributed by atoms with Gasteiger partial charge in [-0.25, -0.2) is 4.79 Å². The van der Waals surface area contributed by atoms with E-state index in [9.17, 15) is 18.0 Å². The Balaban J connectivity index is 2.02. The molecule has 1 aliphatic heterocycles. The molecule has 5 nitrogen and oxygen atoms in total. The largest absolute Gasteiger partial charge is 0.465 e. The molecule has 8 heteroatoms. The van der Waals surface area contributed by atoms with Crippen LogP contribution in [0.3, 0.4) is 0 Å². The van der Waals surface area contributed by atoms with Crippen LogP contribution in [0.25, 0.3) is 0 Å². The molecule has 20 heavy (non-hydrogen) atoms. The van der Waals surface area contributed by atoms with Gasteiger partial charge in [0.1, 0.15) is 5.69 Å². The summed E-state index contributed by atoms with van der Waals surface area (Å²) >= 11 is 0. The maximum absolute atomic E-state index is 12.6. The van der Waals surface area contributed by atoms with Crippen molar-refractivity contribution in [2.45, 2.75) is 25.1 Å². The second-order valence-corrected chi connectivity index (χ2v) is 4.61. The van der Waals surface area contributed by atoms with E-state index in [0.29, 0.717) is 31.6 Å². The average Bonchev–Trinajstić information content (AvgIpc) is 2.38. The van der Waals surface area contributed by atoms with Crippen LogP contribution >= 0.6 is 0 Å². The molecule has 0 atom stereocenters. The van der Waals surface area contributed by atoms with Crippen LogP contribution in [0.4, 0.5) is 23.7 Å². The lowest BCUT2D eigenvalue weighted by atomic mass is 10.0. The molecule has 110 valence electrons. The molecule has 0 aliphatic carbocycles. The van der Waals surface area contributed by atoms with Gasteiger partial charge in [0.15, 0.2) is 0 Å². The van der Waals surface area contributed by atoms with Crippen LogP contribution in [0.15, 0.2) is 18.3 Å². The molecule has 1 fully saturated rings. The summed E-state index contributed by atoms with van der Waals surface area (Å²) in [5, 5.41) is 11.0. The lowest BCUT2D eigenvalue weighted by molar-refractivity contribution is -0.141. The summed E-state index contributed by atoms with van der Waals surface area (Å²) in [4.78, 5) is 15.6. The predicted octanol–water partition coefficient (Wildman–Crippen LogP) is 2.34. The number of nitrogens with zero attached hydrogens (tertiary/aromatic N) is 2. The molecule has 0 spiro atoms. The number of amides is 1. The van der Waals surface area contributed by atoms with Crippen LogP contribution < -0.4 is 10.2 Å². The van der Waals surface area contributed by atoms with Gasteiger partial charge in [-0.15, -0.1) is 0 Å². The number of pyridine rings is 1. The molecule has 2 heterocycles. The maximum Gasteiger partial charge on any atom is 0.433 e. The zero-order valence-corrected chi connectivity index (χ0v) is 10.5. The van der Waals surface area contributed by atoms with Gasteiger partial charge in [0.05, 0.1) is 0 Å². The summed E-state index contributed by atoms with van der Waals surface area (Å²) in [6, 6.07) is 2.40. The third-order valence-corrected chi connectivity index (χ3v) is 3.22. The number of rotatable bonds is 2. The van der Waals surface area contributed by atoms with Crippen LogP contribution in [0.2, 0.25) is 0 Å². The molecule has 0 aromatic carbocycles. The van der Waals surface area contributed by atoms with Crippen LogP contribution in [0.1, 0.15) is 18.5 Å². The summed E-state index contributed by atoms with van der Waals surface area (Å²) in [6.07, 6.45) is -3.27. The van der Waals surface area contributed by atoms with Crippen LogP contribution in [0.5, 0.6) is 0 Å². The first-order valence-corrected chi connectivity index (χ1v) is 6.14. The second kappa shape index (κ2) is 5.56. The minimum Gasteiger partial charge on any atom is -0.465 e. The fraction of sp³-hybridized carbons (Fsp3) is 0.500. The number of halogens is 3. The van der Waals surface area contributed by atoms with Gasteiger partial charge in [0.2, 0.25) is 0 Å². The Morgan fingerprint density at radius 2 is 2.05 bits per heavy atom. The number of piperidine rings is 1. The number of carboxylic acid groups (broad SMARTS) is 1. The highest BCUT2D eigenvalue weighted by Gasteiger charge is 2.33. The van der Waals surface area contributed by atoms with Gasteiger partial charge in [0, 0.05) is 31.0 Å². The number of carbonyl (C=O) groups is 1. The summed E-state index contributed by atoms with van der Waals surface area (Å²) in [7, 11) is 0. The van der Waals surface area contributed by atoms with Crippen molar-refractivity contribution in [2.24, 2.45) is 0 Å². The standard InChI is InChI=1S/C12H14F3N3O2/c13-12(14,15)10-7-9(1-4-16-10)18-5-2-8(3-6-18)17-11(19)20/h1,4,7-8,17H,2-3,5-6H2,(H,19,20). The van der Waals surface area contributed by atoms with Crippen molar-refractivity contribution in [2.75, 3.05) is 18.0 Å². The van der Waals surface area contributed by atoms with Crippen molar-refractivity contribution in [3.63, 3.8) is 0 Å². The Morgan fingerprint density at radius 3 is 2.60 bits per heavy atom. The molecule has 1 aromatic rings. The third kappa shape index (κ3) is 3.52. The topological polar surface area (TPSA) is 65.5 Å². The number of aromatic nitrogens is 1. The molecule has 1 aromatic heterocycles. The Morgan fingerprint density at radius 1 is 1.40 bits per heavy atom. The average molecular weight is 289 g/mol. The Bertz CT molecular complexity index is 485. The van der Waals surface area contributed by atoms with Gasteiger partial charge in [-0.05, 0) is 25.0 Å². The zero-order valence-electron chi connectivity index (χ0n) is 10.5. The van der Waals surface area contributed by atoms with Crippen molar-refractivity contribution in [1.29, 1.82) is 0 Å². The lowest BCUT2D eigenvalue weighted by Gasteiger charge is -2.33. The van der Waals surface area contributed by atoms with E-state index >= 15 is 0 Å². The highest BCUT2D eigenvalue weighted by atomic mass is 19.4. The maximum atomic E-state index is 12.6. The minimum absolute atomic E-state index is 0.146. The minimum atomic E-state index is -4.46. The van der Waals surface area contributed by atoms with Crippen LogP contribution in [0, 0.1) is 0 Å². The van der Waals surface area contributed by atoms with E-state index in [4.69, 9.17) is 5.11 Å². The summed E-state index contributed by atoms with van der Waals surface area (Å²) in [5.74, 6) is 0. The van der Waals surface area contributed by atoms with Crippen molar-refractivity contribution in [3.8, 4) is 0 Å². The third-order valence-electron chi connectivity index (χ3n) is 3.22. The highest BCUT2D eigenvalue weighted by Crippen LogP contribution is 2.30. The molecule has 2 rings (SSSR count). The van der Waals surface area contributed by atoms with Gasteiger partial charge in [-0.1, -0.05) is 0 Å². The van der Waals surface area contributed by atoms with Gasteiger partial charge < -0.3 is 15.3 Å². The molecule has 0 unspecified atom stereocenters. The SMILES string of the molecule is O=C(O)NC1CCN(c2ccnc(C(F)(F)F)c2)CC1. The van der Waals surface area contributed by atoms with Gasteiger partial charge >= 0.3 is 12.3 Å². The number of hydrogen-bond acceptors (Lipinski definition) is 3. The fourth-order valence-electron chi connectivity index (χ4n) is 2.23. The Hall–Kier alpha value is -1.99. The second-order valence-electron chi connectivity index (χ2n) is 4.61. The first kappa shape index (κ1) is 14.4. The van der Waals surface area contributed by atoms with Gasteiger partial charge in [0.25, 0.3) is 0 Å². The molecular formula is C12H14F3N3O2. The molecule has 1 amide bonds. The zero-order chi connectivity index (χ0) is 14.8. The molecule has 1 saturated heterocycles. The highest BCUT2D eigenvalue weighted by molar-refractivity contribution is 5.64. The molecule has 0 radical (unpaired) electrons. The van der Waals surface area contributed by atoms with Crippen LogP contribution in [-0.2, 0) is 6.18 Å². The summed E-state index contributed by atoms with van der Waals surface area (Å²) < 4.78 is 37.8. The van der Waals surface area contributed by atoms with E-state index in [1.54, 1.807) is 4.90 Å². The molecule has 0 bridgehead atoms. The first-order chi connectivity index (χ1) is 9.36. The van der Waals surface area contributed by atoms with Crippen molar-refractivity contribution >= 4 is 11.8 Å². The lowest BCUT2D eigenvalue weighted by Crippen LogP contribution is -2.44. The molecule has 1 aliphatic rings. The molecular weight excluding hydrogens is 275 g/mol. The van der Waals surface area contributed by atoms with E-state index in [2.05, 4.69) is 10.3 Å². The van der Waals surface area contributed by atoms with Crippen molar-refractivity contribution in [1.82, 2.24) is 10.3 Å². The predicted molar refractivity (Wildman–Crippen MR) is 65.6 cm³/mol. The number of alkyl halides is 3. The number of anilines is 1. The van der Waals surface area contributed by atoms with Crippen molar-refractivity contribution < 1.29 is 23.1 Å². The fourth-order valence-corrected chi connectivity index (χ4v) is 2.23. The smallest absolute Gasteiger partial charge is 0.433 e.